The van der Waals surface area contributed by atoms with Crippen LogP contribution < -0.4 is 11.3 Å². The summed E-state index contributed by atoms with van der Waals surface area (Å²) in [5.74, 6) is 7.42. The van der Waals surface area contributed by atoms with Gasteiger partial charge in [-0.1, -0.05) is 49.9 Å². The van der Waals surface area contributed by atoms with E-state index in [1.54, 1.807) is 5.56 Å². The summed E-state index contributed by atoms with van der Waals surface area (Å²) in [6, 6.07) is 9.34. The van der Waals surface area contributed by atoms with Crippen molar-refractivity contribution in [1.29, 1.82) is 0 Å². The lowest BCUT2D eigenvalue weighted by atomic mass is 9.74. The van der Waals surface area contributed by atoms with E-state index in [0.717, 1.165) is 11.8 Å². The highest BCUT2D eigenvalue weighted by Gasteiger charge is 2.29. The third kappa shape index (κ3) is 2.70. The summed E-state index contributed by atoms with van der Waals surface area (Å²) >= 11 is 0. The molecule has 0 aliphatic heterocycles. The molecule has 2 aliphatic carbocycles. The summed E-state index contributed by atoms with van der Waals surface area (Å²) in [6.07, 6.45) is 10.9. The van der Waals surface area contributed by atoms with Gasteiger partial charge in [-0.3, -0.25) is 11.3 Å². The topological polar surface area (TPSA) is 38.0 Å². The average molecular weight is 258 g/mol. The molecule has 0 bridgehead atoms. The van der Waals surface area contributed by atoms with Crippen LogP contribution in [0.1, 0.15) is 74.5 Å². The molecule has 0 spiro atoms. The molecular weight excluding hydrogens is 232 g/mol. The Morgan fingerprint density at radius 2 is 1.68 bits per heavy atom. The fraction of sp³-hybridized carbons (Fsp3) is 0.647. The van der Waals surface area contributed by atoms with E-state index in [9.17, 15) is 0 Å². The second-order valence-electron chi connectivity index (χ2n) is 6.30. The van der Waals surface area contributed by atoms with Gasteiger partial charge in [-0.05, 0) is 48.6 Å². The molecule has 3 rings (SSSR count). The Bertz CT molecular complexity index is 405. The molecule has 1 aromatic carbocycles. The first-order valence-corrected chi connectivity index (χ1v) is 7.95. The lowest BCUT2D eigenvalue weighted by Gasteiger charge is -2.34. The maximum atomic E-state index is 5.91. The predicted octanol–water partition coefficient (Wildman–Crippen LogP) is 4.04. The molecule has 0 saturated heterocycles. The van der Waals surface area contributed by atoms with Gasteiger partial charge in [-0.25, -0.2) is 0 Å². The summed E-state index contributed by atoms with van der Waals surface area (Å²) < 4.78 is 0. The van der Waals surface area contributed by atoms with E-state index in [-0.39, 0.29) is 0 Å². The molecule has 2 fully saturated rings. The number of nitrogens with two attached hydrogens (primary N) is 1. The standard InChI is InChI=1S/C17H26N2/c18-19-17(14-7-2-1-3-8-14)16-12-5-4-11-15(16)13-9-6-10-13/h4-5,11-14,17,19H,1-3,6-10,18H2. The number of hydrogen-bond donors (Lipinski definition) is 2. The van der Waals surface area contributed by atoms with Crippen LogP contribution in [0.3, 0.4) is 0 Å². The SMILES string of the molecule is NNC(c1ccccc1C1CCC1)C1CCCCC1. The van der Waals surface area contributed by atoms with Crippen molar-refractivity contribution in [3.8, 4) is 0 Å². The van der Waals surface area contributed by atoms with E-state index in [1.165, 1.54) is 56.9 Å². The minimum Gasteiger partial charge on any atom is -0.271 e. The normalized spacial score (nSPS) is 23.0. The largest absolute Gasteiger partial charge is 0.271 e. The van der Waals surface area contributed by atoms with Gasteiger partial charge >= 0.3 is 0 Å². The molecule has 2 heteroatoms. The first-order valence-electron chi connectivity index (χ1n) is 7.95. The summed E-state index contributed by atoms with van der Waals surface area (Å²) in [5.41, 5.74) is 6.16. The Kier molecular flexibility index (Phi) is 4.19. The number of nitrogens with one attached hydrogen (secondary N) is 1. The van der Waals surface area contributed by atoms with Crippen molar-refractivity contribution in [2.75, 3.05) is 0 Å². The molecule has 2 saturated carbocycles. The minimum absolute atomic E-state index is 0.358. The van der Waals surface area contributed by atoms with Crippen molar-refractivity contribution in [3.63, 3.8) is 0 Å². The number of hydrogen-bond acceptors (Lipinski definition) is 2. The second kappa shape index (κ2) is 6.06. The predicted molar refractivity (Wildman–Crippen MR) is 79.7 cm³/mol. The van der Waals surface area contributed by atoms with Gasteiger partial charge in [0.2, 0.25) is 0 Å². The van der Waals surface area contributed by atoms with Gasteiger partial charge in [0.1, 0.15) is 0 Å². The molecule has 19 heavy (non-hydrogen) atoms. The fourth-order valence-corrected chi connectivity index (χ4v) is 3.83. The van der Waals surface area contributed by atoms with Crippen LogP contribution in [0.25, 0.3) is 0 Å². The maximum absolute atomic E-state index is 5.91. The van der Waals surface area contributed by atoms with Gasteiger partial charge in [0.05, 0.1) is 0 Å². The Morgan fingerprint density at radius 3 is 2.32 bits per heavy atom. The van der Waals surface area contributed by atoms with Crippen LogP contribution in [-0.2, 0) is 0 Å². The van der Waals surface area contributed by atoms with E-state index < -0.39 is 0 Å². The zero-order valence-electron chi connectivity index (χ0n) is 11.8. The second-order valence-corrected chi connectivity index (χ2v) is 6.30. The van der Waals surface area contributed by atoms with E-state index >= 15 is 0 Å². The monoisotopic (exact) mass is 258 g/mol. The highest BCUT2D eigenvalue weighted by atomic mass is 15.2. The van der Waals surface area contributed by atoms with Crippen molar-refractivity contribution < 1.29 is 0 Å². The van der Waals surface area contributed by atoms with Gasteiger partial charge in [0.25, 0.3) is 0 Å². The maximum Gasteiger partial charge on any atom is 0.0490 e. The molecule has 3 N–H and O–H groups in total. The Morgan fingerprint density at radius 1 is 0.947 bits per heavy atom. The van der Waals surface area contributed by atoms with Crippen LogP contribution in [0, 0.1) is 5.92 Å². The number of benzene rings is 1. The summed E-state index contributed by atoms with van der Waals surface area (Å²) in [7, 11) is 0. The molecule has 1 aromatic rings. The number of hydrazine groups is 1. The summed E-state index contributed by atoms with van der Waals surface area (Å²) in [5, 5.41) is 0. The first kappa shape index (κ1) is 13.1. The van der Waals surface area contributed by atoms with Gasteiger partial charge in [0, 0.05) is 6.04 Å². The van der Waals surface area contributed by atoms with Gasteiger partial charge < -0.3 is 0 Å². The van der Waals surface area contributed by atoms with E-state index in [2.05, 4.69) is 29.7 Å². The van der Waals surface area contributed by atoms with Crippen molar-refractivity contribution >= 4 is 0 Å². The van der Waals surface area contributed by atoms with Crippen LogP contribution in [0.4, 0.5) is 0 Å². The van der Waals surface area contributed by atoms with Gasteiger partial charge in [-0.15, -0.1) is 0 Å². The van der Waals surface area contributed by atoms with Gasteiger partial charge in [-0.2, -0.15) is 0 Å². The van der Waals surface area contributed by atoms with Crippen molar-refractivity contribution in [2.45, 2.75) is 63.3 Å². The van der Waals surface area contributed by atoms with Crippen molar-refractivity contribution in [1.82, 2.24) is 5.43 Å². The molecule has 104 valence electrons. The van der Waals surface area contributed by atoms with E-state index in [4.69, 9.17) is 5.84 Å². The summed E-state index contributed by atoms with van der Waals surface area (Å²) in [6.45, 7) is 0. The number of rotatable bonds is 4. The Hall–Kier alpha value is -0.860. The Labute approximate surface area is 116 Å². The van der Waals surface area contributed by atoms with Gasteiger partial charge in [0.15, 0.2) is 0 Å². The third-order valence-corrected chi connectivity index (χ3v) is 5.18. The molecule has 2 aliphatic rings. The quantitative estimate of drug-likeness (QED) is 0.632. The molecule has 1 atom stereocenters. The van der Waals surface area contributed by atoms with Crippen LogP contribution in [0.5, 0.6) is 0 Å². The lowest BCUT2D eigenvalue weighted by Crippen LogP contribution is -2.35. The zero-order chi connectivity index (χ0) is 13.1. The van der Waals surface area contributed by atoms with E-state index in [0.29, 0.717) is 6.04 Å². The minimum atomic E-state index is 0.358. The highest BCUT2D eigenvalue weighted by molar-refractivity contribution is 5.34. The van der Waals surface area contributed by atoms with Crippen molar-refractivity contribution in [2.24, 2.45) is 11.8 Å². The first-order chi connectivity index (χ1) is 9.40. The highest BCUT2D eigenvalue weighted by Crippen LogP contribution is 2.42. The average Bonchev–Trinajstić information content (AvgIpc) is 2.41. The molecule has 0 aromatic heterocycles. The van der Waals surface area contributed by atoms with E-state index in [1.807, 2.05) is 0 Å². The summed E-state index contributed by atoms with van der Waals surface area (Å²) in [4.78, 5) is 0. The third-order valence-electron chi connectivity index (χ3n) is 5.18. The van der Waals surface area contributed by atoms with Crippen molar-refractivity contribution in [3.05, 3.63) is 35.4 Å². The molecule has 0 radical (unpaired) electrons. The van der Waals surface area contributed by atoms with Crippen LogP contribution in [0.15, 0.2) is 24.3 Å². The molecule has 0 amide bonds. The fourth-order valence-electron chi connectivity index (χ4n) is 3.83. The smallest absolute Gasteiger partial charge is 0.0490 e. The Balaban J connectivity index is 1.85. The van der Waals surface area contributed by atoms with Crippen LogP contribution in [0.2, 0.25) is 0 Å². The van der Waals surface area contributed by atoms with Crippen LogP contribution >= 0.6 is 0 Å². The molecule has 2 nitrogen and oxygen atoms in total. The lowest BCUT2D eigenvalue weighted by molar-refractivity contribution is 0.270. The van der Waals surface area contributed by atoms with Crippen LogP contribution in [-0.4, -0.2) is 0 Å². The molecule has 1 unspecified atom stereocenters. The molecule has 0 heterocycles. The zero-order valence-corrected chi connectivity index (χ0v) is 11.8. The molecular formula is C17H26N2.